The van der Waals surface area contributed by atoms with E-state index in [0.717, 1.165) is 4.47 Å². The molecular formula is C5H3BBrF4N3. The number of pyridine rings is 1. The Labute approximate surface area is 85.0 Å². The molecule has 0 radical (unpaired) electrons. The number of hydrogen-bond donors (Lipinski definition) is 0. The van der Waals surface area contributed by atoms with Gasteiger partial charge >= 0.3 is 12.9 Å². The van der Waals surface area contributed by atoms with Crippen LogP contribution in [0.3, 0.4) is 0 Å². The molecule has 0 unspecified atom stereocenters. The van der Waals surface area contributed by atoms with Crippen molar-refractivity contribution < 1.29 is 17.3 Å². The number of halogens is 5. The topological polar surface area (TPSA) is 41.0 Å². The second-order valence-electron chi connectivity index (χ2n) is 1.96. The van der Waals surface area contributed by atoms with Gasteiger partial charge in [0.05, 0.1) is 6.07 Å². The summed E-state index contributed by atoms with van der Waals surface area (Å²) in [4.78, 5) is 6.69. The van der Waals surface area contributed by atoms with Gasteiger partial charge in [0.1, 0.15) is 6.20 Å². The summed E-state index contributed by atoms with van der Waals surface area (Å²) in [6.07, 6.45) is 3.08. The Bertz CT molecular complexity index is 330. The molecule has 0 fully saturated rings. The quantitative estimate of drug-likeness (QED) is 0.411. The fraction of sp³-hybridized carbons (Fsp3) is 0. The first kappa shape index (κ1) is 12.8. The maximum Gasteiger partial charge on any atom is 0.673 e. The van der Waals surface area contributed by atoms with Crippen LogP contribution in [-0.4, -0.2) is 12.2 Å². The monoisotopic (exact) mass is 271 g/mol. The van der Waals surface area contributed by atoms with E-state index in [-0.39, 0.29) is 0 Å². The molecule has 0 amide bonds. The van der Waals surface area contributed by atoms with E-state index in [1.807, 2.05) is 0 Å². The molecule has 14 heavy (non-hydrogen) atoms. The van der Waals surface area contributed by atoms with Gasteiger partial charge in [-0.3, -0.25) is 4.98 Å². The average Bonchev–Trinajstić information content (AvgIpc) is 2.01. The molecule has 1 rings (SSSR count). The van der Waals surface area contributed by atoms with Crippen molar-refractivity contribution in [2.24, 2.45) is 0 Å². The standard InChI is InChI=1S/C5H3BrN3.BF4/c6-4-1-5(9-7)3-8-2-4;2-1(3,4)5/h1-3H;/q+1;-1. The molecule has 0 aliphatic carbocycles. The summed E-state index contributed by atoms with van der Waals surface area (Å²) in [6.45, 7) is 0. The van der Waals surface area contributed by atoms with Crippen LogP contribution >= 0.6 is 15.9 Å². The van der Waals surface area contributed by atoms with Crippen LogP contribution in [0.15, 0.2) is 22.9 Å². The minimum absolute atomic E-state index is 0.448. The smallest absolute Gasteiger partial charge is 0.418 e. The van der Waals surface area contributed by atoms with Crippen molar-refractivity contribution in [1.82, 2.24) is 4.98 Å². The van der Waals surface area contributed by atoms with Crippen molar-refractivity contribution >= 4 is 28.9 Å². The highest BCUT2D eigenvalue weighted by atomic mass is 79.9. The van der Waals surface area contributed by atoms with Crippen LogP contribution in [0.4, 0.5) is 23.0 Å². The van der Waals surface area contributed by atoms with E-state index in [1.54, 1.807) is 12.3 Å². The van der Waals surface area contributed by atoms with E-state index in [2.05, 4.69) is 25.9 Å². The van der Waals surface area contributed by atoms with E-state index in [1.165, 1.54) is 6.20 Å². The van der Waals surface area contributed by atoms with Gasteiger partial charge in [-0.15, -0.1) is 0 Å². The van der Waals surface area contributed by atoms with Gasteiger partial charge in [-0.05, 0) is 15.9 Å². The fourth-order valence-corrected chi connectivity index (χ4v) is 0.808. The van der Waals surface area contributed by atoms with Gasteiger partial charge in [0.25, 0.3) is 0 Å². The number of aromatic nitrogens is 1. The van der Waals surface area contributed by atoms with Gasteiger partial charge in [-0.25, -0.2) is 0 Å². The molecule has 0 spiro atoms. The van der Waals surface area contributed by atoms with Crippen LogP contribution < -0.4 is 0 Å². The first-order chi connectivity index (χ1) is 6.33. The molecule has 1 heterocycles. The lowest BCUT2D eigenvalue weighted by atomic mass is 10.3. The van der Waals surface area contributed by atoms with Crippen molar-refractivity contribution in [1.29, 1.82) is 5.39 Å². The molecule has 9 heteroatoms. The molecule has 0 saturated carbocycles. The lowest BCUT2D eigenvalue weighted by Crippen LogP contribution is -2.02. The van der Waals surface area contributed by atoms with Gasteiger partial charge < -0.3 is 17.3 Å². The highest BCUT2D eigenvalue weighted by molar-refractivity contribution is 9.10. The molecule has 0 aliphatic rings. The molecular weight excluding hydrogens is 269 g/mol. The SMILES string of the molecule is F[B-](F)(F)F.N#[N+]c1cncc(Br)c1. The predicted molar refractivity (Wildman–Crippen MR) is 46.9 cm³/mol. The van der Waals surface area contributed by atoms with Gasteiger partial charge in [-0.2, -0.15) is 0 Å². The van der Waals surface area contributed by atoms with Gasteiger partial charge in [0.15, 0.2) is 4.98 Å². The molecule has 0 aromatic carbocycles. The second kappa shape index (κ2) is 5.54. The minimum Gasteiger partial charge on any atom is -0.418 e. The van der Waals surface area contributed by atoms with Crippen molar-refractivity contribution in [3.05, 3.63) is 27.9 Å². The summed E-state index contributed by atoms with van der Waals surface area (Å²) >= 11 is 3.17. The molecule has 0 N–H and O–H groups in total. The van der Waals surface area contributed by atoms with Crippen molar-refractivity contribution in [3.63, 3.8) is 0 Å². The van der Waals surface area contributed by atoms with Gasteiger partial charge in [0.2, 0.25) is 5.39 Å². The lowest BCUT2D eigenvalue weighted by molar-refractivity contribution is 0.368. The summed E-state index contributed by atoms with van der Waals surface area (Å²) in [6, 6.07) is 1.66. The number of nitrogens with zero attached hydrogens (tertiary/aromatic N) is 3. The first-order valence-electron chi connectivity index (χ1n) is 3.16. The molecule has 0 aliphatic heterocycles. The first-order valence-corrected chi connectivity index (χ1v) is 3.95. The Hall–Kier alpha value is -1.17. The highest BCUT2D eigenvalue weighted by Crippen LogP contribution is 2.15. The largest absolute Gasteiger partial charge is 0.673 e. The molecule has 0 atom stereocenters. The Morgan fingerprint density at radius 1 is 1.29 bits per heavy atom. The summed E-state index contributed by atoms with van der Waals surface area (Å²) in [5, 5.41) is 8.23. The van der Waals surface area contributed by atoms with Crippen LogP contribution in [0, 0.1) is 5.39 Å². The molecule has 3 nitrogen and oxygen atoms in total. The zero-order valence-electron chi connectivity index (χ0n) is 6.54. The third-order valence-electron chi connectivity index (χ3n) is 0.806. The third-order valence-corrected chi connectivity index (χ3v) is 1.24. The van der Waals surface area contributed by atoms with E-state index in [0.29, 0.717) is 5.69 Å². The second-order valence-corrected chi connectivity index (χ2v) is 2.87. The third kappa shape index (κ3) is 8.93. The number of hydrogen-bond acceptors (Lipinski definition) is 2. The predicted octanol–water partition coefficient (Wildman–Crippen LogP) is 3.63. The maximum absolute atomic E-state index is 9.75. The van der Waals surface area contributed by atoms with Crippen molar-refractivity contribution in [2.45, 2.75) is 0 Å². The van der Waals surface area contributed by atoms with E-state index < -0.39 is 7.25 Å². The van der Waals surface area contributed by atoms with E-state index in [4.69, 9.17) is 5.39 Å². The summed E-state index contributed by atoms with van der Waals surface area (Å²) in [5.41, 5.74) is 0.448. The van der Waals surface area contributed by atoms with E-state index >= 15 is 0 Å². The lowest BCUT2D eigenvalue weighted by Gasteiger charge is -1.94. The Morgan fingerprint density at radius 3 is 2.07 bits per heavy atom. The fourth-order valence-electron chi connectivity index (χ4n) is 0.455. The van der Waals surface area contributed by atoms with Crippen LogP contribution in [0.5, 0.6) is 0 Å². The zero-order chi connectivity index (χ0) is 11.2. The summed E-state index contributed by atoms with van der Waals surface area (Å²) in [7, 11) is -6.00. The van der Waals surface area contributed by atoms with Crippen LogP contribution in [-0.2, 0) is 0 Å². The molecule has 1 aromatic heterocycles. The Morgan fingerprint density at radius 2 is 1.79 bits per heavy atom. The molecule has 0 saturated heterocycles. The molecule has 1 aromatic rings. The highest BCUT2D eigenvalue weighted by Gasteiger charge is 2.20. The van der Waals surface area contributed by atoms with Crippen molar-refractivity contribution in [3.8, 4) is 0 Å². The Kier molecular flexibility index (Phi) is 5.08. The van der Waals surface area contributed by atoms with Gasteiger partial charge in [-0.1, -0.05) is 0 Å². The number of diazo groups is 1. The molecule has 76 valence electrons. The summed E-state index contributed by atoms with van der Waals surface area (Å²) in [5.74, 6) is 0. The number of rotatable bonds is 0. The normalized spacial score (nSPS) is 9.71. The average molecular weight is 272 g/mol. The van der Waals surface area contributed by atoms with Crippen LogP contribution in [0.1, 0.15) is 0 Å². The van der Waals surface area contributed by atoms with Crippen molar-refractivity contribution in [2.75, 3.05) is 0 Å². The molecule has 0 bridgehead atoms. The van der Waals surface area contributed by atoms with E-state index in [9.17, 15) is 17.3 Å². The maximum atomic E-state index is 9.75. The van der Waals surface area contributed by atoms with Crippen LogP contribution in [0.25, 0.3) is 4.98 Å². The van der Waals surface area contributed by atoms with Gasteiger partial charge in [0, 0.05) is 10.7 Å². The summed E-state index contributed by atoms with van der Waals surface area (Å²) < 4.78 is 39.8. The Balaban J connectivity index is 0.000000292. The van der Waals surface area contributed by atoms with Crippen LogP contribution in [0.2, 0.25) is 0 Å². The minimum atomic E-state index is -6.00. The zero-order valence-corrected chi connectivity index (χ0v) is 8.13.